The Morgan fingerprint density at radius 3 is 1.86 bits per heavy atom. The Hall–Kier alpha value is -7.28. The van der Waals surface area contributed by atoms with E-state index in [9.17, 15) is 0 Å². The first-order valence-electron chi connectivity index (χ1n) is 19.9. The van der Waals surface area contributed by atoms with Crippen LogP contribution in [-0.4, -0.2) is 19.9 Å². The van der Waals surface area contributed by atoms with Gasteiger partial charge in [0.25, 0.3) is 0 Å². The van der Waals surface area contributed by atoms with Gasteiger partial charge in [0.2, 0.25) is 0 Å². The van der Waals surface area contributed by atoms with Gasteiger partial charge in [-0.3, -0.25) is 0 Å². The first-order chi connectivity index (χ1) is 29.0. The first-order valence-corrected chi connectivity index (χ1v) is 20.7. The molecule has 0 fully saturated rings. The summed E-state index contributed by atoms with van der Waals surface area (Å²) in [4.78, 5) is 21.0. The number of aromatic nitrogens is 4. The highest BCUT2D eigenvalue weighted by atomic mass is 32.1. The zero-order chi connectivity index (χ0) is 39.2. The number of thiazole rings is 1. The summed E-state index contributed by atoms with van der Waals surface area (Å²) in [6.07, 6.45) is 0. The lowest BCUT2D eigenvalue weighted by Crippen LogP contribution is -2.14. The van der Waals surface area contributed by atoms with E-state index in [0.29, 0.717) is 17.5 Å². The van der Waals surface area contributed by atoms with E-state index in [1.807, 2.05) is 12.1 Å². The molecule has 3 aromatic heterocycles. The molecule has 1 aliphatic carbocycles. The van der Waals surface area contributed by atoms with Gasteiger partial charge in [-0.05, 0) is 68.4 Å². The van der Waals surface area contributed by atoms with Crippen LogP contribution in [0.3, 0.4) is 0 Å². The van der Waals surface area contributed by atoms with Gasteiger partial charge >= 0.3 is 0 Å². The standard InChI is InChI=1S/C53H34N4OS/c1-53(2)40-18-10-9-16-37(40)45-38(17-11-19-41(45)53)51-56-49(34-23-20-32(21-24-34)31-12-5-3-6-13-31)55-50(57-51)36-25-22-33-26-27-42-46(39(33)30-36)47-43(58-42)28-29-44-48(47)54-52(59-44)35-14-7-4-8-15-35/h3-30H,1-2H3. The van der Waals surface area contributed by atoms with E-state index in [1.165, 1.54) is 22.3 Å². The van der Waals surface area contributed by atoms with Crippen LogP contribution in [0, 0.1) is 0 Å². The second-order valence-corrected chi connectivity index (χ2v) is 16.8. The summed E-state index contributed by atoms with van der Waals surface area (Å²) in [6.45, 7) is 4.61. The van der Waals surface area contributed by atoms with Gasteiger partial charge in [-0.2, -0.15) is 0 Å². The zero-order valence-electron chi connectivity index (χ0n) is 32.3. The number of nitrogens with zero attached hydrogens (tertiary/aromatic N) is 4. The first kappa shape index (κ1) is 33.8. The summed E-state index contributed by atoms with van der Waals surface area (Å²) in [5.41, 5.74) is 13.7. The molecule has 6 heteroatoms. The van der Waals surface area contributed by atoms with E-state index in [0.717, 1.165) is 81.3 Å². The van der Waals surface area contributed by atoms with Crippen molar-refractivity contribution in [2.24, 2.45) is 0 Å². The van der Waals surface area contributed by atoms with Crippen LogP contribution < -0.4 is 0 Å². The molecule has 59 heavy (non-hydrogen) atoms. The van der Waals surface area contributed by atoms with Crippen molar-refractivity contribution in [1.29, 1.82) is 0 Å². The van der Waals surface area contributed by atoms with Crippen molar-refractivity contribution in [2.75, 3.05) is 0 Å². The van der Waals surface area contributed by atoms with Gasteiger partial charge in [0.05, 0.1) is 15.6 Å². The molecular formula is C53H34N4OS. The molecule has 0 saturated carbocycles. The Kier molecular flexibility index (Phi) is 7.38. The molecule has 0 radical (unpaired) electrons. The molecular weight excluding hydrogens is 741 g/mol. The predicted molar refractivity (Wildman–Crippen MR) is 243 cm³/mol. The van der Waals surface area contributed by atoms with E-state index >= 15 is 0 Å². The quantitative estimate of drug-likeness (QED) is 0.174. The molecule has 0 bridgehead atoms. The molecule has 0 saturated heterocycles. The van der Waals surface area contributed by atoms with E-state index in [-0.39, 0.29) is 5.41 Å². The Labute approximate surface area is 344 Å². The Bertz CT molecular complexity index is 3460. The molecule has 11 aromatic rings. The summed E-state index contributed by atoms with van der Waals surface area (Å²) >= 11 is 1.71. The van der Waals surface area contributed by atoms with Crippen LogP contribution >= 0.6 is 11.3 Å². The summed E-state index contributed by atoms with van der Waals surface area (Å²) in [5, 5.41) is 5.22. The SMILES string of the molecule is CC1(C)c2ccccc2-c2c(-c3nc(-c4ccc(-c5ccccc5)cc4)nc(-c4ccc5ccc6oc7ccc8sc(-c9ccccc9)nc8c7c6c5c4)n3)cccc21. The number of fused-ring (bicyclic) bond motifs is 10. The Morgan fingerprint density at radius 2 is 1.05 bits per heavy atom. The van der Waals surface area contributed by atoms with Crippen LogP contribution in [0.2, 0.25) is 0 Å². The van der Waals surface area contributed by atoms with Crippen LogP contribution in [0.5, 0.6) is 0 Å². The fraction of sp³-hybridized carbons (Fsp3) is 0.0566. The molecule has 5 nitrogen and oxygen atoms in total. The summed E-state index contributed by atoms with van der Waals surface area (Å²) in [7, 11) is 0. The molecule has 278 valence electrons. The molecule has 0 amide bonds. The number of hydrogen-bond acceptors (Lipinski definition) is 6. The van der Waals surface area contributed by atoms with Crippen LogP contribution in [0.25, 0.3) is 110 Å². The maximum Gasteiger partial charge on any atom is 0.164 e. The number of hydrogen-bond donors (Lipinski definition) is 0. The molecule has 1 aliphatic rings. The van der Waals surface area contributed by atoms with E-state index in [4.69, 9.17) is 24.4 Å². The van der Waals surface area contributed by atoms with Crippen LogP contribution in [0.1, 0.15) is 25.0 Å². The minimum absolute atomic E-state index is 0.157. The number of rotatable bonds is 5. The van der Waals surface area contributed by atoms with Crippen molar-refractivity contribution in [3.05, 3.63) is 181 Å². The molecule has 0 unspecified atom stereocenters. The highest BCUT2D eigenvalue weighted by Gasteiger charge is 2.37. The van der Waals surface area contributed by atoms with Crippen molar-refractivity contribution < 1.29 is 4.42 Å². The third-order valence-corrected chi connectivity index (χ3v) is 13.1. The average molecular weight is 775 g/mol. The third-order valence-electron chi connectivity index (χ3n) is 12.0. The fourth-order valence-electron chi connectivity index (χ4n) is 9.04. The van der Waals surface area contributed by atoms with Gasteiger partial charge in [-0.1, -0.05) is 159 Å². The van der Waals surface area contributed by atoms with Gasteiger partial charge in [0, 0.05) is 33.1 Å². The van der Waals surface area contributed by atoms with E-state index in [1.54, 1.807) is 11.3 Å². The van der Waals surface area contributed by atoms with Crippen LogP contribution in [0.15, 0.2) is 174 Å². The van der Waals surface area contributed by atoms with E-state index in [2.05, 4.69) is 172 Å². The minimum atomic E-state index is -0.157. The topological polar surface area (TPSA) is 64.7 Å². The monoisotopic (exact) mass is 774 g/mol. The van der Waals surface area contributed by atoms with Crippen LogP contribution in [0.4, 0.5) is 0 Å². The van der Waals surface area contributed by atoms with Crippen molar-refractivity contribution in [3.8, 4) is 67.0 Å². The fourth-order valence-corrected chi connectivity index (χ4v) is 10.0. The summed E-state index contributed by atoms with van der Waals surface area (Å²) in [5.74, 6) is 1.88. The van der Waals surface area contributed by atoms with Gasteiger partial charge in [-0.25, -0.2) is 19.9 Å². The second kappa shape index (κ2) is 12.9. The molecule has 3 heterocycles. The predicted octanol–water partition coefficient (Wildman–Crippen LogP) is 14.2. The smallest absolute Gasteiger partial charge is 0.164 e. The summed E-state index contributed by atoms with van der Waals surface area (Å²) < 4.78 is 7.66. The molecule has 0 aliphatic heterocycles. The molecule has 8 aromatic carbocycles. The maximum absolute atomic E-state index is 6.54. The van der Waals surface area contributed by atoms with E-state index < -0.39 is 0 Å². The van der Waals surface area contributed by atoms with Gasteiger partial charge in [0.1, 0.15) is 16.2 Å². The molecule has 0 N–H and O–H groups in total. The Balaban J connectivity index is 1.08. The van der Waals surface area contributed by atoms with Crippen molar-refractivity contribution in [3.63, 3.8) is 0 Å². The molecule has 0 spiro atoms. The summed E-state index contributed by atoms with van der Waals surface area (Å²) in [6, 6.07) is 59.5. The van der Waals surface area contributed by atoms with Gasteiger partial charge in [-0.15, -0.1) is 11.3 Å². The van der Waals surface area contributed by atoms with Crippen molar-refractivity contribution in [2.45, 2.75) is 19.3 Å². The lowest BCUT2D eigenvalue weighted by molar-refractivity contribution is 0.660. The lowest BCUT2D eigenvalue weighted by atomic mass is 9.82. The van der Waals surface area contributed by atoms with Gasteiger partial charge in [0.15, 0.2) is 17.5 Å². The second-order valence-electron chi connectivity index (χ2n) is 15.8. The van der Waals surface area contributed by atoms with Crippen molar-refractivity contribution in [1.82, 2.24) is 19.9 Å². The lowest BCUT2D eigenvalue weighted by Gasteiger charge is -2.21. The number of furan rings is 1. The van der Waals surface area contributed by atoms with Crippen molar-refractivity contribution >= 4 is 54.3 Å². The normalized spacial score (nSPS) is 13.1. The Morgan fingerprint density at radius 1 is 0.458 bits per heavy atom. The molecule has 0 atom stereocenters. The minimum Gasteiger partial charge on any atom is -0.456 e. The molecule has 12 rings (SSSR count). The largest absolute Gasteiger partial charge is 0.456 e. The highest BCUT2D eigenvalue weighted by molar-refractivity contribution is 7.21. The average Bonchev–Trinajstić information content (AvgIpc) is 3.97. The van der Waals surface area contributed by atoms with Gasteiger partial charge < -0.3 is 4.42 Å². The van der Waals surface area contributed by atoms with Crippen LogP contribution in [-0.2, 0) is 5.41 Å². The highest BCUT2D eigenvalue weighted by Crippen LogP contribution is 2.52. The number of benzene rings is 8. The maximum atomic E-state index is 6.54. The zero-order valence-corrected chi connectivity index (χ0v) is 33.1. The third kappa shape index (κ3) is 5.30.